The third-order valence-electron chi connectivity index (χ3n) is 5.06. The molecule has 23 heavy (non-hydrogen) atoms. The van der Waals surface area contributed by atoms with E-state index in [1.165, 1.54) is 24.8 Å². The summed E-state index contributed by atoms with van der Waals surface area (Å²) in [5.41, 5.74) is 1.46. The maximum Gasteiger partial charge on any atom is 0.182 e. The Bertz CT molecular complexity index is 681. The van der Waals surface area contributed by atoms with Gasteiger partial charge in [0.05, 0.1) is 5.54 Å². The highest BCUT2D eigenvalue weighted by molar-refractivity contribution is 5.28. The summed E-state index contributed by atoms with van der Waals surface area (Å²) < 4.78 is 0. The van der Waals surface area contributed by atoms with Crippen molar-refractivity contribution in [2.45, 2.75) is 62.9 Å². The van der Waals surface area contributed by atoms with E-state index in [2.05, 4.69) is 71.8 Å². The van der Waals surface area contributed by atoms with Crippen molar-refractivity contribution in [2.75, 3.05) is 6.54 Å². The standard InChI is InChI=1S/C18H25N5/c1-17(2,3)23-21-16(20-22-23)18(9-10-18)12-19-15-11-14(15)13-7-5-4-6-8-13/h4-8,14-15,19H,9-12H2,1-3H3/t14-,15+/m1/s1. The number of hydrogen-bond acceptors (Lipinski definition) is 4. The second-order valence-electron chi connectivity index (χ2n) is 8.09. The van der Waals surface area contributed by atoms with Gasteiger partial charge in [0.2, 0.25) is 0 Å². The molecule has 2 aliphatic carbocycles. The summed E-state index contributed by atoms with van der Waals surface area (Å²) in [6, 6.07) is 11.4. The van der Waals surface area contributed by atoms with Crippen LogP contribution in [0.5, 0.6) is 0 Å². The van der Waals surface area contributed by atoms with Crippen LogP contribution in [0.3, 0.4) is 0 Å². The maximum absolute atomic E-state index is 4.65. The molecule has 2 atom stereocenters. The lowest BCUT2D eigenvalue weighted by molar-refractivity contribution is 0.304. The van der Waals surface area contributed by atoms with Crippen LogP contribution in [-0.4, -0.2) is 32.8 Å². The third-order valence-corrected chi connectivity index (χ3v) is 5.06. The van der Waals surface area contributed by atoms with Crippen LogP contribution in [-0.2, 0) is 11.0 Å². The molecule has 0 bridgehead atoms. The van der Waals surface area contributed by atoms with Crippen LogP contribution >= 0.6 is 0 Å². The molecule has 1 N–H and O–H groups in total. The molecule has 2 fully saturated rings. The fraction of sp³-hybridized carbons (Fsp3) is 0.611. The number of rotatable bonds is 5. The van der Waals surface area contributed by atoms with Crippen LogP contribution in [0, 0.1) is 0 Å². The van der Waals surface area contributed by atoms with Gasteiger partial charge in [0, 0.05) is 23.9 Å². The summed E-state index contributed by atoms with van der Waals surface area (Å²) in [6.07, 6.45) is 3.57. The molecule has 2 aliphatic rings. The molecule has 5 nitrogen and oxygen atoms in total. The molecule has 0 unspecified atom stereocenters. The Labute approximate surface area is 137 Å². The molecular weight excluding hydrogens is 286 g/mol. The van der Waals surface area contributed by atoms with Crippen LogP contribution in [0.15, 0.2) is 30.3 Å². The highest BCUT2D eigenvalue weighted by Gasteiger charge is 2.50. The van der Waals surface area contributed by atoms with E-state index in [0.717, 1.165) is 12.4 Å². The van der Waals surface area contributed by atoms with E-state index < -0.39 is 0 Å². The first kappa shape index (κ1) is 14.8. The highest BCUT2D eigenvalue weighted by Crippen LogP contribution is 2.47. The van der Waals surface area contributed by atoms with Gasteiger partial charge in [-0.05, 0) is 50.8 Å². The Kier molecular flexibility index (Phi) is 3.30. The fourth-order valence-corrected chi connectivity index (χ4v) is 3.16. The van der Waals surface area contributed by atoms with Gasteiger partial charge >= 0.3 is 0 Å². The molecule has 0 radical (unpaired) electrons. The van der Waals surface area contributed by atoms with E-state index in [9.17, 15) is 0 Å². The van der Waals surface area contributed by atoms with E-state index in [1.54, 1.807) is 4.80 Å². The molecule has 2 saturated carbocycles. The zero-order chi connectivity index (χ0) is 16.1. The summed E-state index contributed by atoms with van der Waals surface area (Å²) in [7, 11) is 0. The Morgan fingerprint density at radius 2 is 1.96 bits per heavy atom. The number of hydrogen-bond donors (Lipinski definition) is 1. The smallest absolute Gasteiger partial charge is 0.182 e. The minimum Gasteiger partial charge on any atom is -0.312 e. The lowest BCUT2D eigenvalue weighted by atomic mass is 10.1. The third kappa shape index (κ3) is 2.90. The minimum absolute atomic E-state index is 0.107. The zero-order valence-electron chi connectivity index (χ0n) is 14.2. The monoisotopic (exact) mass is 311 g/mol. The molecule has 122 valence electrons. The lowest BCUT2D eigenvalue weighted by Gasteiger charge is -2.16. The van der Waals surface area contributed by atoms with Crippen LogP contribution in [0.1, 0.15) is 57.3 Å². The predicted molar refractivity (Wildman–Crippen MR) is 89.3 cm³/mol. The predicted octanol–water partition coefficient (Wildman–Crippen LogP) is 2.61. The molecule has 5 heteroatoms. The summed E-state index contributed by atoms with van der Waals surface area (Å²) in [6.45, 7) is 7.28. The van der Waals surface area contributed by atoms with Crippen molar-refractivity contribution in [2.24, 2.45) is 0 Å². The van der Waals surface area contributed by atoms with Gasteiger partial charge in [-0.1, -0.05) is 30.3 Å². The van der Waals surface area contributed by atoms with Crippen molar-refractivity contribution in [3.63, 3.8) is 0 Å². The largest absolute Gasteiger partial charge is 0.312 e. The van der Waals surface area contributed by atoms with E-state index in [1.807, 2.05) is 0 Å². The first-order chi connectivity index (χ1) is 11.0. The molecule has 0 amide bonds. The van der Waals surface area contributed by atoms with E-state index in [0.29, 0.717) is 12.0 Å². The minimum atomic E-state index is -0.107. The van der Waals surface area contributed by atoms with Gasteiger partial charge in [0.15, 0.2) is 5.82 Å². The first-order valence-electron chi connectivity index (χ1n) is 8.57. The fourth-order valence-electron chi connectivity index (χ4n) is 3.16. The van der Waals surface area contributed by atoms with Crippen molar-refractivity contribution in [1.29, 1.82) is 0 Å². The van der Waals surface area contributed by atoms with Gasteiger partial charge in [0.25, 0.3) is 0 Å². The van der Waals surface area contributed by atoms with E-state index >= 15 is 0 Å². The lowest BCUT2D eigenvalue weighted by Crippen LogP contribution is -2.31. The molecule has 4 rings (SSSR count). The van der Waals surface area contributed by atoms with Crippen molar-refractivity contribution in [1.82, 2.24) is 25.5 Å². The topological polar surface area (TPSA) is 55.6 Å². The molecule has 0 spiro atoms. The van der Waals surface area contributed by atoms with Crippen LogP contribution in [0.25, 0.3) is 0 Å². The van der Waals surface area contributed by atoms with Gasteiger partial charge in [-0.25, -0.2) is 0 Å². The van der Waals surface area contributed by atoms with Crippen molar-refractivity contribution in [3.05, 3.63) is 41.7 Å². The first-order valence-corrected chi connectivity index (χ1v) is 8.57. The van der Waals surface area contributed by atoms with Crippen molar-refractivity contribution >= 4 is 0 Å². The van der Waals surface area contributed by atoms with E-state index in [-0.39, 0.29) is 11.0 Å². The molecule has 1 aromatic heterocycles. The zero-order valence-corrected chi connectivity index (χ0v) is 14.2. The average Bonchev–Trinajstić information content (AvgIpc) is 3.43. The van der Waals surface area contributed by atoms with Crippen LogP contribution in [0.2, 0.25) is 0 Å². The van der Waals surface area contributed by atoms with Crippen LogP contribution in [0.4, 0.5) is 0 Å². The Hall–Kier alpha value is -1.75. The number of tetrazole rings is 1. The number of nitrogens with one attached hydrogen (secondary N) is 1. The van der Waals surface area contributed by atoms with Gasteiger partial charge in [-0.15, -0.1) is 10.2 Å². The molecule has 0 saturated heterocycles. The van der Waals surface area contributed by atoms with Gasteiger partial charge in [-0.2, -0.15) is 4.80 Å². The second kappa shape index (κ2) is 5.13. The molecule has 1 heterocycles. The summed E-state index contributed by atoms with van der Waals surface area (Å²) in [5.74, 6) is 1.59. The number of nitrogens with zero attached hydrogens (tertiary/aromatic N) is 4. The van der Waals surface area contributed by atoms with Gasteiger partial charge < -0.3 is 5.32 Å². The Morgan fingerprint density at radius 3 is 2.57 bits per heavy atom. The van der Waals surface area contributed by atoms with Crippen LogP contribution < -0.4 is 5.32 Å². The Morgan fingerprint density at radius 1 is 1.22 bits per heavy atom. The second-order valence-corrected chi connectivity index (χ2v) is 8.09. The van der Waals surface area contributed by atoms with E-state index in [4.69, 9.17) is 0 Å². The Balaban J connectivity index is 1.37. The average molecular weight is 311 g/mol. The van der Waals surface area contributed by atoms with Gasteiger partial charge in [-0.3, -0.25) is 0 Å². The van der Waals surface area contributed by atoms with Gasteiger partial charge in [0.1, 0.15) is 0 Å². The molecule has 1 aromatic carbocycles. The number of benzene rings is 1. The van der Waals surface area contributed by atoms with Crippen molar-refractivity contribution in [3.8, 4) is 0 Å². The summed E-state index contributed by atoms with van der Waals surface area (Å²) in [5, 5.41) is 17.0. The SMILES string of the molecule is CC(C)(C)n1nnc(C2(CN[C@H]3C[C@@H]3c3ccccc3)CC2)n1. The van der Waals surface area contributed by atoms with Crippen molar-refractivity contribution < 1.29 is 0 Å². The highest BCUT2D eigenvalue weighted by atomic mass is 15.6. The molecule has 2 aromatic rings. The maximum atomic E-state index is 4.65. The summed E-state index contributed by atoms with van der Waals surface area (Å²) >= 11 is 0. The molecule has 0 aliphatic heterocycles. The normalized spacial score (nSPS) is 25.3. The summed E-state index contributed by atoms with van der Waals surface area (Å²) in [4.78, 5) is 1.74. The molecular formula is C18H25N5. The quantitative estimate of drug-likeness (QED) is 0.922. The number of aromatic nitrogens is 4.